The van der Waals surface area contributed by atoms with E-state index in [1.54, 1.807) is 0 Å². The fourth-order valence-electron chi connectivity index (χ4n) is 1.42. The highest BCUT2D eigenvalue weighted by Crippen LogP contribution is 2.22. The van der Waals surface area contributed by atoms with Gasteiger partial charge in [-0.2, -0.15) is 4.98 Å². The quantitative estimate of drug-likeness (QED) is 0.803. The van der Waals surface area contributed by atoms with Gasteiger partial charge in [-0.25, -0.2) is 0 Å². The molecule has 4 nitrogen and oxygen atoms in total. The Morgan fingerprint density at radius 1 is 1.53 bits per heavy atom. The standard InChI is InChI=1S/C11H15N3O/c1-7-4-3-5-9-10(7)15-11(14-9)13-8(2)6-12/h3-5,8H,6,12H2,1-2H3,(H,13,14). The van der Waals surface area contributed by atoms with Gasteiger partial charge in [-0.15, -0.1) is 0 Å². The zero-order valence-corrected chi connectivity index (χ0v) is 8.95. The van der Waals surface area contributed by atoms with E-state index in [4.69, 9.17) is 10.2 Å². The molecule has 0 aliphatic heterocycles. The van der Waals surface area contributed by atoms with Crippen LogP contribution in [0.4, 0.5) is 6.01 Å². The maximum Gasteiger partial charge on any atom is 0.295 e. The van der Waals surface area contributed by atoms with E-state index in [1.807, 2.05) is 32.0 Å². The van der Waals surface area contributed by atoms with Gasteiger partial charge >= 0.3 is 0 Å². The van der Waals surface area contributed by atoms with Crippen LogP contribution >= 0.6 is 0 Å². The lowest BCUT2D eigenvalue weighted by molar-refractivity contribution is 0.598. The van der Waals surface area contributed by atoms with E-state index in [9.17, 15) is 0 Å². The van der Waals surface area contributed by atoms with E-state index >= 15 is 0 Å². The minimum absolute atomic E-state index is 0.165. The zero-order chi connectivity index (χ0) is 10.8. The first-order valence-electron chi connectivity index (χ1n) is 5.03. The molecule has 1 heterocycles. The van der Waals surface area contributed by atoms with Crippen LogP contribution in [0.3, 0.4) is 0 Å². The summed E-state index contributed by atoms with van der Waals surface area (Å²) in [6.45, 7) is 4.54. The molecule has 2 aromatic rings. The van der Waals surface area contributed by atoms with Gasteiger partial charge in [-0.1, -0.05) is 12.1 Å². The Balaban J connectivity index is 2.35. The second-order valence-electron chi connectivity index (χ2n) is 3.72. The summed E-state index contributed by atoms with van der Waals surface area (Å²) in [5, 5.41) is 3.11. The Labute approximate surface area is 88.5 Å². The van der Waals surface area contributed by atoms with Crippen LogP contribution in [0.2, 0.25) is 0 Å². The van der Waals surface area contributed by atoms with Crippen molar-refractivity contribution >= 4 is 17.1 Å². The molecule has 0 saturated heterocycles. The molecule has 1 aromatic heterocycles. The molecule has 1 atom stereocenters. The molecular weight excluding hydrogens is 190 g/mol. The van der Waals surface area contributed by atoms with Crippen LogP contribution in [0.1, 0.15) is 12.5 Å². The molecule has 0 aliphatic carbocycles. The minimum Gasteiger partial charge on any atom is -0.423 e. The number of fused-ring (bicyclic) bond motifs is 1. The van der Waals surface area contributed by atoms with Crippen molar-refractivity contribution in [2.24, 2.45) is 5.73 Å². The van der Waals surface area contributed by atoms with E-state index in [2.05, 4.69) is 10.3 Å². The Hall–Kier alpha value is -1.55. The summed E-state index contributed by atoms with van der Waals surface area (Å²) >= 11 is 0. The van der Waals surface area contributed by atoms with E-state index in [-0.39, 0.29) is 6.04 Å². The Bertz CT molecular complexity index is 464. The van der Waals surface area contributed by atoms with Gasteiger partial charge in [0.15, 0.2) is 5.58 Å². The Kier molecular flexibility index (Phi) is 2.60. The van der Waals surface area contributed by atoms with Crippen LogP contribution in [0.25, 0.3) is 11.1 Å². The maximum absolute atomic E-state index is 5.59. The molecule has 0 aliphatic rings. The first kappa shape index (κ1) is 9.98. The van der Waals surface area contributed by atoms with Crippen molar-refractivity contribution < 1.29 is 4.42 Å². The second kappa shape index (κ2) is 3.90. The van der Waals surface area contributed by atoms with Gasteiger partial charge in [0.1, 0.15) is 5.52 Å². The monoisotopic (exact) mass is 205 g/mol. The number of rotatable bonds is 3. The van der Waals surface area contributed by atoms with Crippen LogP contribution in [0, 0.1) is 6.92 Å². The smallest absolute Gasteiger partial charge is 0.295 e. The van der Waals surface area contributed by atoms with E-state index in [1.165, 1.54) is 0 Å². The number of hydrogen-bond donors (Lipinski definition) is 2. The average molecular weight is 205 g/mol. The third kappa shape index (κ3) is 1.94. The van der Waals surface area contributed by atoms with Crippen LogP contribution in [-0.4, -0.2) is 17.6 Å². The van der Waals surface area contributed by atoms with Gasteiger partial charge < -0.3 is 15.5 Å². The predicted octanol–water partition coefficient (Wildman–Crippen LogP) is 1.90. The molecule has 1 unspecified atom stereocenters. The highest BCUT2D eigenvalue weighted by atomic mass is 16.4. The molecule has 80 valence electrons. The number of nitrogens with zero attached hydrogens (tertiary/aromatic N) is 1. The first-order valence-corrected chi connectivity index (χ1v) is 5.03. The van der Waals surface area contributed by atoms with E-state index in [0.717, 1.165) is 16.7 Å². The number of hydrogen-bond acceptors (Lipinski definition) is 4. The van der Waals surface area contributed by atoms with Gasteiger partial charge in [0.25, 0.3) is 6.01 Å². The van der Waals surface area contributed by atoms with Crippen molar-refractivity contribution in [3.63, 3.8) is 0 Å². The number of aromatic nitrogens is 1. The lowest BCUT2D eigenvalue weighted by Crippen LogP contribution is -2.25. The van der Waals surface area contributed by atoms with E-state index < -0.39 is 0 Å². The molecule has 4 heteroatoms. The predicted molar refractivity (Wildman–Crippen MR) is 60.9 cm³/mol. The molecule has 2 rings (SSSR count). The molecule has 3 N–H and O–H groups in total. The molecule has 0 radical (unpaired) electrons. The molecule has 0 bridgehead atoms. The second-order valence-corrected chi connectivity index (χ2v) is 3.72. The highest BCUT2D eigenvalue weighted by molar-refractivity contribution is 5.77. The maximum atomic E-state index is 5.59. The topological polar surface area (TPSA) is 64.1 Å². The number of aryl methyl sites for hydroxylation is 1. The largest absolute Gasteiger partial charge is 0.423 e. The summed E-state index contributed by atoms with van der Waals surface area (Å²) in [4.78, 5) is 4.33. The van der Waals surface area contributed by atoms with Gasteiger partial charge in [-0.3, -0.25) is 0 Å². The zero-order valence-electron chi connectivity index (χ0n) is 8.95. The van der Waals surface area contributed by atoms with Gasteiger partial charge in [0, 0.05) is 12.6 Å². The van der Waals surface area contributed by atoms with Crippen LogP contribution in [-0.2, 0) is 0 Å². The summed E-state index contributed by atoms with van der Waals surface area (Å²) in [5.41, 5.74) is 8.32. The third-order valence-electron chi connectivity index (χ3n) is 2.34. The van der Waals surface area contributed by atoms with Crippen molar-refractivity contribution in [2.75, 3.05) is 11.9 Å². The highest BCUT2D eigenvalue weighted by Gasteiger charge is 2.08. The number of nitrogens with one attached hydrogen (secondary N) is 1. The summed E-state index contributed by atoms with van der Waals surface area (Å²) in [6.07, 6.45) is 0. The Morgan fingerprint density at radius 3 is 3.00 bits per heavy atom. The third-order valence-corrected chi connectivity index (χ3v) is 2.34. The van der Waals surface area contributed by atoms with Gasteiger partial charge in [0.05, 0.1) is 0 Å². The van der Waals surface area contributed by atoms with Crippen molar-refractivity contribution in [3.8, 4) is 0 Å². The van der Waals surface area contributed by atoms with Crippen LogP contribution in [0.5, 0.6) is 0 Å². The molecule has 1 aromatic carbocycles. The number of oxazole rings is 1. The summed E-state index contributed by atoms with van der Waals surface area (Å²) in [6, 6.07) is 6.61. The normalized spacial score (nSPS) is 13.0. The van der Waals surface area contributed by atoms with E-state index in [0.29, 0.717) is 12.6 Å². The molecule has 0 spiro atoms. The number of nitrogens with two attached hydrogens (primary N) is 1. The van der Waals surface area contributed by atoms with Crippen molar-refractivity contribution in [3.05, 3.63) is 23.8 Å². The Morgan fingerprint density at radius 2 is 2.33 bits per heavy atom. The first-order chi connectivity index (χ1) is 7.20. The molecule has 0 amide bonds. The van der Waals surface area contributed by atoms with Gasteiger partial charge in [0.2, 0.25) is 0 Å². The lowest BCUT2D eigenvalue weighted by atomic mass is 10.2. The molecule has 0 saturated carbocycles. The summed E-state index contributed by atoms with van der Waals surface area (Å²) in [7, 11) is 0. The van der Waals surface area contributed by atoms with Gasteiger partial charge in [-0.05, 0) is 25.5 Å². The lowest BCUT2D eigenvalue weighted by Gasteiger charge is -2.07. The van der Waals surface area contributed by atoms with Crippen LogP contribution < -0.4 is 11.1 Å². The average Bonchev–Trinajstić information content (AvgIpc) is 2.62. The number of benzene rings is 1. The van der Waals surface area contributed by atoms with Crippen molar-refractivity contribution in [1.29, 1.82) is 0 Å². The molecule has 15 heavy (non-hydrogen) atoms. The SMILES string of the molecule is Cc1cccc2nc(NC(C)CN)oc12. The minimum atomic E-state index is 0.165. The molecular formula is C11H15N3O. The van der Waals surface area contributed by atoms with Crippen molar-refractivity contribution in [2.45, 2.75) is 19.9 Å². The fourth-order valence-corrected chi connectivity index (χ4v) is 1.42. The number of para-hydroxylation sites is 1. The fraction of sp³-hybridized carbons (Fsp3) is 0.364. The number of anilines is 1. The van der Waals surface area contributed by atoms with Crippen molar-refractivity contribution in [1.82, 2.24) is 4.98 Å². The summed E-state index contributed by atoms with van der Waals surface area (Å²) in [5.74, 6) is 0. The van der Waals surface area contributed by atoms with Crippen LogP contribution in [0.15, 0.2) is 22.6 Å². The molecule has 0 fully saturated rings. The summed E-state index contributed by atoms with van der Waals surface area (Å²) < 4.78 is 5.59.